The largest absolute Gasteiger partial charge is 0.497 e. The zero-order chi connectivity index (χ0) is 33.5. The molecule has 0 saturated carbocycles. The van der Waals surface area contributed by atoms with Crippen LogP contribution in [0.3, 0.4) is 0 Å². The van der Waals surface area contributed by atoms with Crippen molar-refractivity contribution in [1.82, 2.24) is 4.90 Å². The quantitative estimate of drug-likeness (QED) is 0.314. The highest BCUT2D eigenvalue weighted by molar-refractivity contribution is 6.09. The highest BCUT2D eigenvalue weighted by Crippen LogP contribution is 2.58. The van der Waals surface area contributed by atoms with Crippen molar-refractivity contribution in [2.75, 3.05) is 30.5 Å². The van der Waals surface area contributed by atoms with Crippen LogP contribution in [0.5, 0.6) is 5.75 Å². The van der Waals surface area contributed by atoms with E-state index in [2.05, 4.69) is 5.32 Å². The fourth-order valence-electron chi connectivity index (χ4n) is 7.87. The summed E-state index contributed by atoms with van der Waals surface area (Å²) < 4.78 is 12.1. The number of nitrogens with one attached hydrogen (secondary N) is 1. The standard InChI is InChI=1S/C37H43N3O7/c1-23-33(36(2,3)45)31(20-32(42)39-18-8-11-27(39)22-41)47-37(23)29-19-26(38-34(43)25-12-15-28(46-4)16-13-25)14-17-30(29)40(35(37)44)21-24-9-6-5-7-10-24/h5-7,9-10,12-17,19,23,27,31,33,41,45H,8,11,18,20-22H2,1-4H3,(H,38,43)/t23-,27+,31+,33-,37+/m1/s1. The molecule has 0 unspecified atom stereocenters. The monoisotopic (exact) mass is 641 g/mol. The number of rotatable bonds is 9. The molecule has 5 atom stereocenters. The number of hydrogen-bond acceptors (Lipinski definition) is 7. The second-order valence-electron chi connectivity index (χ2n) is 13.4. The number of methoxy groups -OCH3 is 1. The normalized spacial score (nSPS) is 25.4. The van der Waals surface area contributed by atoms with Crippen LogP contribution in [-0.2, 0) is 26.5 Å². The van der Waals surface area contributed by atoms with Gasteiger partial charge in [0.1, 0.15) is 5.75 Å². The molecule has 6 rings (SSSR count). The molecule has 3 aromatic carbocycles. The van der Waals surface area contributed by atoms with Gasteiger partial charge in [0, 0.05) is 35.2 Å². The molecular weight excluding hydrogens is 598 g/mol. The number of hydrogen-bond donors (Lipinski definition) is 3. The lowest BCUT2D eigenvalue weighted by Crippen LogP contribution is -2.46. The van der Waals surface area contributed by atoms with E-state index in [1.165, 1.54) is 0 Å². The summed E-state index contributed by atoms with van der Waals surface area (Å²) >= 11 is 0. The van der Waals surface area contributed by atoms with Gasteiger partial charge in [0.05, 0.1) is 50.1 Å². The van der Waals surface area contributed by atoms with E-state index < -0.39 is 29.1 Å². The van der Waals surface area contributed by atoms with Gasteiger partial charge in [-0.25, -0.2) is 0 Å². The van der Waals surface area contributed by atoms with Crippen molar-refractivity contribution in [2.45, 2.75) is 69.9 Å². The van der Waals surface area contributed by atoms with Gasteiger partial charge in [-0.1, -0.05) is 37.3 Å². The highest BCUT2D eigenvalue weighted by Gasteiger charge is 2.66. The summed E-state index contributed by atoms with van der Waals surface area (Å²) in [5.74, 6) is -1.25. The summed E-state index contributed by atoms with van der Waals surface area (Å²) in [6.07, 6.45) is 0.729. The predicted octanol–water partition coefficient (Wildman–Crippen LogP) is 4.49. The van der Waals surface area contributed by atoms with Crippen LogP contribution < -0.4 is 15.0 Å². The van der Waals surface area contributed by atoms with Crippen LogP contribution in [0, 0.1) is 11.8 Å². The molecule has 2 fully saturated rings. The first-order valence-corrected chi connectivity index (χ1v) is 16.2. The van der Waals surface area contributed by atoms with Crippen molar-refractivity contribution < 1.29 is 34.1 Å². The Kier molecular flexibility index (Phi) is 8.86. The molecule has 47 heavy (non-hydrogen) atoms. The fraction of sp³-hybridized carbons (Fsp3) is 0.432. The van der Waals surface area contributed by atoms with E-state index in [1.54, 1.807) is 67.2 Å². The molecule has 3 aliphatic heterocycles. The first kappa shape index (κ1) is 32.7. The minimum atomic E-state index is -1.51. The molecular formula is C37H43N3O7. The summed E-state index contributed by atoms with van der Waals surface area (Å²) in [5, 5.41) is 24.3. The van der Waals surface area contributed by atoms with Gasteiger partial charge in [-0.2, -0.15) is 0 Å². The first-order valence-electron chi connectivity index (χ1n) is 16.2. The average molecular weight is 642 g/mol. The van der Waals surface area contributed by atoms with E-state index in [-0.39, 0.29) is 36.8 Å². The Morgan fingerprint density at radius 1 is 1.09 bits per heavy atom. The molecule has 0 radical (unpaired) electrons. The molecule has 10 heteroatoms. The maximum absolute atomic E-state index is 14.8. The number of amides is 3. The van der Waals surface area contributed by atoms with E-state index in [4.69, 9.17) is 9.47 Å². The number of benzene rings is 3. The van der Waals surface area contributed by atoms with Crippen molar-refractivity contribution in [3.05, 3.63) is 89.5 Å². The highest BCUT2D eigenvalue weighted by atomic mass is 16.5. The van der Waals surface area contributed by atoms with Crippen molar-refractivity contribution in [2.24, 2.45) is 11.8 Å². The minimum absolute atomic E-state index is 0.0353. The van der Waals surface area contributed by atoms with E-state index in [0.29, 0.717) is 41.3 Å². The zero-order valence-corrected chi connectivity index (χ0v) is 27.3. The second-order valence-corrected chi connectivity index (χ2v) is 13.4. The van der Waals surface area contributed by atoms with Crippen molar-refractivity contribution in [3.8, 4) is 5.75 Å². The van der Waals surface area contributed by atoms with Crippen molar-refractivity contribution in [1.29, 1.82) is 0 Å². The number of nitrogens with zero attached hydrogens (tertiary/aromatic N) is 2. The molecule has 10 nitrogen and oxygen atoms in total. The molecule has 2 saturated heterocycles. The number of aliphatic hydroxyl groups excluding tert-OH is 1. The van der Waals surface area contributed by atoms with Gasteiger partial charge in [-0.3, -0.25) is 14.4 Å². The summed E-state index contributed by atoms with van der Waals surface area (Å²) in [7, 11) is 1.56. The Morgan fingerprint density at radius 3 is 2.47 bits per heavy atom. The van der Waals surface area contributed by atoms with Gasteiger partial charge in [-0.05, 0) is 74.7 Å². The van der Waals surface area contributed by atoms with E-state index in [9.17, 15) is 24.6 Å². The van der Waals surface area contributed by atoms with Gasteiger partial charge in [0.25, 0.3) is 11.8 Å². The molecule has 3 heterocycles. The Morgan fingerprint density at radius 2 is 1.81 bits per heavy atom. The van der Waals surface area contributed by atoms with Crippen molar-refractivity contribution >= 4 is 29.1 Å². The maximum Gasteiger partial charge on any atom is 0.264 e. The summed E-state index contributed by atoms with van der Waals surface area (Å²) in [6.45, 7) is 6.01. The average Bonchev–Trinajstić information content (AvgIpc) is 3.72. The number of anilines is 2. The van der Waals surface area contributed by atoms with Gasteiger partial charge in [-0.15, -0.1) is 0 Å². The summed E-state index contributed by atoms with van der Waals surface area (Å²) in [4.78, 5) is 45.0. The van der Waals surface area contributed by atoms with Crippen LogP contribution in [0.4, 0.5) is 11.4 Å². The molecule has 3 N–H and O–H groups in total. The molecule has 3 aliphatic rings. The summed E-state index contributed by atoms with van der Waals surface area (Å²) in [6, 6.07) is 21.6. The molecule has 3 amide bonds. The third-order valence-electron chi connectivity index (χ3n) is 10.1. The van der Waals surface area contributed by atoms with E-state index in [0.717, 1.165) is 18.4 Å². The van der Waals surface area contributed by atoms with Crippen LogP contribution in [0.15, 0.2) is 72.8 Å². The molecule has 248 valence electrons. The Bertz CT molecular complexity index is 1640. The number of aliphatic hydroxyl groups is 2. The van der Waals surface area contributed by atoms with Crippen LogP contribution in [-0.4, -0.2) is 70.8 Å². The maximum atomic E-state index is 14.8. The zero-order valence-electron chi connectivity index (χ0n) is 27.3. The number of ether oxygens (including phenoxy) is 2. The van der Waals surface area contributed by atoms with Crippen LogP contribution in [0.2, 0.25) is 0 Å². The lowest BCUT2D eigenvalue weighted by atomic mass is 9.70. The number of carbonyl (C=O) groups is 3. The Balaban J connectivity index is 1.39. The van der Waals surface area contributed by atoms with Crippen LogP contribution >= 0.6 is 0 Å². The predicted molar refractivity (Wildman–Crippen MR) is 177 cm³/mol. The van der Waals surface area contributed by atoms with E-state index in [1.807, 2.05) is 43.3 Å². The lowest BCUT2D eigenvalue weighted by Gasteiger charge is -2.34. The summed E-state index contributed by atoms with van der Waals surface area (Å²) in [5.41, 5.74) is 0.284. The van der Waals surface area contributed by atoms with E-state index >= 15 is 0 Å². The number of fused-ring (bicyclic) bond motifs is 2. The number of carbonyl (C=O) groups excluding carboxylic acids is 3. The van der Waals surface area contributed by atoms with Crippen molar-refractivity contribution in [3.63, 3.8) is 0 Å². The van der Waals surface area contributed by atoms with Gasteiger partial charge in [0.2, 0.25) is 5.91 Å². The smallest absolute Gasteiger partial charge is 0.264 e. The Labute approximate surface area is 275 Å². The molecule has 0 aromatic heterocycles. The Hall–Kier alpha value is -4.25. The van der Waals surface area contributed by atoms with Gasteiger partial charge in [0.15, 0.2) is 5.60 Å². The molecule has 1 spiro atoms. The molecule has 3 aromatic rings. The second kappa shape index (κ2) is 12.7. The third-order valence-corrected chi connectivity index (χ3v) is 10.1. The third kappa shape index (κ3) is 5.90. The molecule has 0 bridgehead atoms. The fourth-order valence-corrected chi connectivity index (χ4v) is 7.87. The van der Waals surface area contributed by atoms with Crippen LogP contribution in [0.1, 0.15) is 61.5 Å². The topological polar surface area (TPSA) is 129 Å². The SMILES string of the molecule is COc1ccc(C(=O)Nc2ccc3c(c2)[C@]2(O[C@@H](CC(=O)N4CCC[C@H]4CO)[C@H](C(C)(C)O)[C@H]2C)C(=O)N3Cc2ccccc2)cc1. The number of likely N-dealkylation sites (tertiary alicyclic amines) is 1. The van der Waals surface area contributed by atoms with Gasteiger partial charge < -0.3 is 34.8 Å². The lowest BCUT2D eigenvalue weighted by molar-refractivity contribution is -0.150. The molecule has 0 aliphatic carbocycles. The van der Waals surface area contributed by atoms with Gasteiger partial charge >= 0.3 is 0 Å². The first-order chi connectivity index (χ1) is 22.5. The van der Waals surface area contributed by atoms with Crippen LogP contribution in [0.25, 0.3) is 0 Å². The minimum Gasteiger partial charge on any atom is -0.497 e.